The Kier molecular flexibility index (Phi) is 4.73. The van der Waals surface area contributed by atoms with E-state index in [2.05, 4.69) is 25.9 Å². The van der Waals surface area contributed by atoms with Gasteiger partial charge in [0.05, 0.1) is 22.5 Å². The number of amides is 1. The van der Waals surface area contributed by atoms with Crippen molar-refractivity contribution in [3.05, 3.63) is 57.6 Å². The zero-order valence-electron chi connectivity index (χ0n) is 13.9. The summed E-state index contributed by atoms with van der Waals surface area (Å²) in [4.78, 5) is 18.5. The molecular formula is C18H13BrF3N3O2. The second-order valence-electron chi connectivity index (χ2n) is 5.83. The van der Waals surface area contributed by atoms with Crippen molar-refractivity contribution in [3.8, 4) is 5.88 Å². The lowest BCUT2D eigenvalue weighted by molar-refractivity contribution is -0.138. The lowest BCUT2D eigenvalue weighted by Crippen LogP contribution is -2.10. The molecule has 0 saturated carbocycles. The summed E-state index contributed by atoms with van der Waals surface area (Å²) in [7, 11) is 0. The molecule has 0 spiro atoms. The number of hydrogen-bond donors (Lipinski definition) is 3. The lowest BCUT2D eigenvalue weighted by Gasteiger charge is -2.09. The van der Waals surface area contributed by atoms with Crippen LogP contribution in [0, 0.1) is 0 Å². The van der Waals surface area contributed by atoms with E-state index in [0.717, 1.165) is 6.07 Å². The molecule has 1 aromatic heterocycles. The number of nitrogens with zero attached hydrogens (tertiary/aromatic N) is 1. The Bertz CT molecular complexity index is 1090. The van der Waals surface area contributed by atoms with Crippen LogP contribution in [0.4, 0.5) is 18.9 Å². The molecule has 0 fully saturated rings. The number of carbonyl (C=O) groups is 1. The molecule has 5 nitrogen and oxygen atoms in total. The third kappa shape index (κ3) is 3.68. The molecule has 4 N–H and O–H groups in total. The number of benzene rings is 2. The molecule has 2 aromatic carbocycles. The molecule has 0 radical (unpaired) electrons. The number of hydrogen-bond acceptors (Lipinski definition) is 3. The van der Waals surface area contributed by atoms with Gasteiger partial charge in [0, 0.05) is 20.9 Å². The van der Waals surface area contributed by atoms with Crippen molar-refractivity contribution in [2.45, 2.75) is 13.1 Å². The number of alkyl halides is 3. The van der Waals surface area contributed by atoms with E-state index >= 15 is 0 Å². The Hall–Kier alpha value is -2.81. The van der Waals surface area contributed by atoms with Crippen molar-refractivity contribution in [1.82, 2.24) is 4.98 Å². The predicted molar refractivity (Wildman–Crippen MR) is 99.5 cm³/mol. The van der Waals surface area contributed by atoms with Crippen LogP contribution in [-0.2, 0) is 6.18 Å². The summed E-state index contributed by atoms with van der Waals surface area (Å²) in [5.74, 6) is -0.788. The first-order chi connectivity index (χ1) is 12.6. The largest absolute Gasteiger partial charge is 0.494 e. The number of aromatic hydroxyl groups is 1. The fourth-order valence-corrected chi connectivity index (χ4v) is 3.34. The van der Waals surface area contributed by atoms with Gasteiger partial charge in [-0.3, -0.25) is 9.79 Å². The van der Waals surface area contributed by atoms with Gasteiger partial charge in [-0.2, -0.15) is 13.2 Å². The number of nitrogens with two attached hydrogens (primary N) is 1. The Morgan fingerprint density at radius 2 is 1.93 bits per heavy atom. The molecule has 27 heavy (non-hydrogen) atoms. The van der Waals surface area contributed by atoms with E-state index < -0.39 is 17.6 Å². The molecule has 1 heterocycles. The molecule has 0 aliphatic heterocycles. The number of halogens is 4. The van der Waals surface area contributed by atoms with E-state index in [4.69, 9.17) is 5.73 Å². The minimum Gasteiger partial charge on any atom is -0.494 e. The first-order valence-electron chi connectivity index (χ1n) is 7.65. The summed E-state index contributed by atoms with van der Waals surface area (Å²) >= 11 is 2.91. The maximum Gasteiger partial charge on any atom is 0.417 e. The van der Waals surface area contributed by atoms with Crippen LogP contribution in [0.1, 0.15) is 28.4 Å². The van der Waals surface area contributed by atoms with Crippen molar-refractivity contribution >= 4 is 44.1 Å². The van der Waals surface area contributed by atoms with E-state index in [-0.39, 0.29) is 21.6 Å². The second kappa shape index (κ2) is 6.73. The van der Waals surface area contributed by atoms with Crippen LogP contribution < -0.4 is 5.73 Å². The highest BCUT2D eigenvalue weighted by molar-refractivity contribution is 9.10. The molecule has 0 aliphatic rings. The van der Waals surface area contributed by atoms with Crippen LogP contribution in [0.3, 0.4) is 0 Å². The van der Waals surface area contributed by atoms with Crippen molar-refractivity contribution in [2.24, 2.45) is 10.7 Å². The molecule has 0 saturated heterocycles. The molecule has 140 valence electrons. The SMILES string of the molecule is CC(=Nc1ccc(C(F)(F)F)c(Br)c1)c1c(O)[nH]c2ccc(C(N)=O)cc12. The third-order valence-corrected chi connectivity index (χ3v) is 4.64. The van der Waals surface area contributed by atoms with E-state index in [0.29, 0.717) is 22.2 Å². The third-order valence-electron chi connectivity index (χ3n) is 3.98. The number of carbonyl (C=O) groups excluding carboxylic acids is 1. The number of aromatic nitrogens is 1. The van der Waals surface area contributed by atoms with Gasteiger partial charge >= 0.3 is 6.18 Å². The number of aromatic amines is 1. The average Bonchev–Trinajstić information content (AvgIpc) is 2.88. The summed E-state index contributed by atoms with van der Waals surface area (Å²) in [6, 6.07) is 8.04. The minimum atomic E-state index is -4.48. The topological polar surface area (TPSA) is 91.5 Å². The molecule has 3 rings (SSSR count). The van der Waals surface area contributed by atoms with Crippen LogP contribution in [0.5, 0.6) is 5.88 Å². The van der Waals surface area contributed by atoms with Gasteiger partial charge in [-0.25, -0.2) is 0 Å². The van der Waals surface area contributed by atoms with E-state index in [1.54, 1.807) is 13.0 Å². The van der Waals surface area contributed by atoms with Crippen molar-refractivity contribution in [2.75, 3.05) is 0 Å². The van der Waals surface area contributed by atoms with Gasteiger partial charge in [-0.05, 0) is 43.3 Å². The van der Waals surface area contributed by atoms with Crippen LogP contribution in [-0.4, -0.2) is 21.7 Å². The molecule has 9 heteroatoms. The Morgan fingerprint density at radius 3 is 2.52 bits per heavy atom. The van der Waals surface area contributed by atoms with Crippen LogP contribution in [0.25, 0.3) is 10.9 Å². The first kappa shape index (κ1) is 19.0. The lowest BCUT2D eigenvalue weighted by atomic mass is 10.1. The maximum absolute atomic E-state index is 12.9. The predicted octanol–water partition coefficient (Wildman–Crippen LogP) is 4.89. The van der Waals surface area contributed by atoms with Gasteiger partial charge in [-0.1, -0.05) is 15.9 Å². The number of fused-ring (bicyclic) bond motifs is 1. The van der Waals surface area contributed by atoms with Crippen molar-refractivity contribution in [1.29, 1.82) is 0 Å². The second-order valence-corrected chi connectivity index (χ2v) is 6.69. The highest BCUT2D eigenvalue weighted by atomic mass is 79.9. The standard InChI is InChI=1S/C18H13BrF3N3O2/c1-8(24-10-3-4-12(13(19)7-10)18(20,21)22)15-11-6-9(16(23)26)2-5-14(11)25-17(15)27/h2-7,25,27H,1H3,(H2,23,26). The average molecular weight is 440 g/mol. The maximum atomic E-state index is 12.9. The van der Waals surface area contributed by atoms with Gasteiger partial charge in [0.1, 0.15) is 0 Å². The zero-order valence-corrected chi connectivity index (χ0v) is 15.4. The number of H-pyrrole nitrogens is 1. The molecule has 0 bridgehead atoms. The van der Waals surface area contributed by atoms with Crippen molar-refractivity contribution in [3.63, 3.8) is 0 Å². The number of aliphatic imine (C=N–C) groups is 1. The van der Waals surface area contributed by atoms with Crippen LogP contribution in [0.2, 0.25) is 0 Å². The smallest absolute Gasteiger partial charge is 0.417 e. The molecular weight excluding hydrogens is 427 g/mol. The first-order valence-corrected chi connectivity index (χ1v) is 8.44. The van der Waals surface area contributed by atoms with Crippen LogP contribution in [0.15, 0.2) is 45.9 Å². The normalized spacial score (nSPS) is 12.6. The van der Waals surface area contributed by atoms with Gasteiger partial charge in [0.15, 0.2) is 5.88 Å². The summed E-state index contributed by atoms with van der Waals surface area (Å²) in [6.07, 6.45) is -4.48. The number of nitrogens with one attached hydrogen (secondary N) is 1. The molecule has 0 aliphatic carbocycles. The van der Waals surface area contributed by atoms with Gasteiger partial charge < -0.3 is 15.8 Å². The van der Waals surface area contributed by atoms with Gasteiger partial charge in [0.2, 0.25) is 5.91 Å². The number of rotatable bonds is 3. The Labute approximate surface area is 159 Å². The molecule has 0 atom stereocenters. The van der Waals surface area contributed by atoms with E-state index in [1.165, 1.54) is 24.3 Å². The van der Waals surface area contributed by atoms with Crippen LogP contribution >= 0.6 is 15.9 Å². The van der Waals surface area contributed by atoms with Crippen molar-refractivity contribution < 1.29 is 23.1 Å². The fourth-order valence-electron chi connectivity index (χ4n) is 2.75. The Morgan fingerprint density at radius 1 is 1.22 bits per heavy atom. The summed E-state index contributed by atoms with van der Waals surface area (Å²) in [5, 5.41) is 10.7. The van der Waals surface area contributed by atoms with Gasteiger partial charge in [0.25, 0.3) is 0 Å². The zero-order chi connectivity index (χ0) is 19.9. The quantitative estimate of drug-likeness (QED) is 0.506. The minimum absolute atomic E-state index is 0.136. The highest BCUT2D eigenvalue weighted by Gasteiger charge is 2.32. The summed E-state index contributed by atoms with van der Waals surface area (Å²) in [5.41, 5.74) is 6.27. The van der Waals surface area contributed by atoms with Gasteiger partial charge in [-0.15, -0.1) is 0 Å². The number of primary amides is 1. The Balaban J connectivity index is 2.09. The fraction of sp³-hybridized carbons (Fsp3) is 0.111. The molecule has 1 amide bonds. The van der Waals surface area contributed by atoms with E-state index in [9.17, 15) is 23.1 Å². The monoisotopic (exact) mass is 439 g/mol. The molecule has 0 unspecified atom stereocenters. The summed E-state index contributed by atoms with van der Waals surface area (Å²) in [6.45, 7) is 1.60. The highest BCUT2D eigenvalue weighted by Crippen LogP contribution is 2.37. The molecule has 3 aromatic rings. The van der Waals surface area contributed by atoms with E-state index in [1.807, 2.05) is 0 Å². The summed E-state index contributed by atoms with van der Waals surface area (Å²) < 4.78 is 38.4.